The summed E-state index contributed by atoms with van der Waals surface area (Å²) in [6, 6.07) is 0. The van der Waals surface area contributed by atoms with Gasteiger partial charge in [0.05, 0.1) is 6.10 Å². The number of aliphatic hydroxyl groups excluding tert-OH is 1. The smallest absolute Gasteiger partial charge is 0.0575 e. The van der Waals surface area contributed by atoms with E-state index in [2.05, 4.69) is 18.7 Å². The molecule has 2 fully saturated rings. The number of likely N-dealkylation sites (tertiary alicyclic amines) is 1. The minimum Gasteiger partial charge on any atom is -0.393 e. The molecule has 2 aliphatic rings. The summed E-state index contributed by atoms with van der Waals surface area (Å²) in [5.74, 6) is 1.93. The Hall–Kier alpha value is -0.0800. The highest BCUT2D eigenvalue weighted by Crippen LogP contribution is 2.38. The van der Waals surface area contributed by atoms with Crippen LogP contribution in [0.3, 0.4) is 0 Å². The monoisotopic (exact) mass is 211 g/mol. The first-order chi connectivity index (χ1) is 6.99. The van der Waals surface area contributed by atoms with Crippen LogP contribution in [0.4, 0.5) is 0 Å². The fourth-order valence-electron chi connectivity index (χ4n) is 3.17. The normalized spacial score (nSPS) is 34.4. The van der Waals surface area contributed by atoms with E-state index in [-0.39, 0.29) is 11.5 Å². The summed E-state index contributed by atoms with van der Waals surface area (Å²) < 4.78 is 0. The molecule has 0 aromatic rings. The molecule has 1 saturated carbocycles. The van der Waals surface area contributed by atoms with Gasteiger partial charge in [0.1, 0.15) is 0 Å². The number of fused-ring (bicyclic) bond motifs is 1. The molecular weight excluding hydrogens is 186 g/mol. The van der Waals surface area contributed by atoms with Crippen LogP contribution in [0.1, 0.15) is 40.0 Å². The molecule has 0 bridgehead atoms. The molecule has 88 valence electrons. The number of nitrogens with zero attached hydrogens (tertiary/aromatic N) is 1. The zero-order valence-electron chi connectivity index (χ0n) is 10.4. The van der Waals surface area contributed by atoms with Gasteiger partial charge in [-0.15, -0.1) is 0 Å². The Labute approximate surface area is 93.7 Å². The Bertz CT molecular complexity index is 213. The largest absolute Gasteiger partial charge is 0.393 e. The van der Waals surface area contributed by atoms with Crippen LogP contribution in [0.25, 0.3) is 0 Å². The van der Waals surface area contributed by atoms with Crippen LogP contribution in [0, 0.1) is 17.3 Å². The van der Waals surface area contributed by atoms with Crippen LogP contribution in [0.2, 0.25) is 0 Å². The molecule has 0 radical (unpaired) electrons. The van der Waals surface area contributed by atoms with Crippen molar-refractivity contribution in [3.8, 4) is 0 Å². The maximum Gasteiger partial charge on any atom is 0.0575 e. The molecular formula is C13H25NO. The lowest BCUT2D eigenvalue weighted by Gasteiger charge is -2.33. The molecule has 2 nitrogen and oxygen atoms in total. The third-order valence-corrected chi connectivity index (χ3v) is 4.56. The lowest BCUT2D eigenvalue weighted by molar-refractivity contribution is 0.0385. The third-order valence-electron chi connectivity index (χ3n) is 4.56. The van der Waals surface area contributed by atoms with E-state index in [1.54, 1.807) is 0 Å². The van der Waals surface area contributed by atoms with Gasteiger partial charge < -0.3 is 10.0 Å². The van der Waals surface area contributed by atoms with Crippen molar-refractivity contribution in [3.05, 3.63) is 0 Å². The van der Waals surface area contributed by atoms with Gasteiger partial charge in [-0.2, -0.15) is 0 Å². The van der Waals surface area contributed by atoms with Crippen molar-refractivity contribution >= 4 is 0 Å². The summed E-state index contributed by atoms with van der Waals surface area (Å²) >= 11 is 0. The summed E-state index contributed by atoms with van der Waals surface area (Å²) in [5.41, 5.74) is 0.0403. The predicted molar refractivity (Wildman–Crippen MR) is 62.7 cm³/mol. The average Bonchev–Trinajstić information content (AvgIpc) is 2.62. The predicted octanol–water partition coefficient (Wildman–Crippen LogP) is 2.13. The summed E-state index contributed by atoms with van der Waals surface area (Å²) in [6.07, 6.45) is 4.12. The van der Waals surface area contributed by atoms with E-state index in [4.69, 9.17) is 0 Å². The van der Waals surface area contributed by atoms with Gasteiger partial charge in [0, 0.05) is 25.0 Å². The van der Waals surface area contributed by atoms with E-state index in [0.29, 0.717) is 0 Å². The van der Waals surface area contributed by atoms with Gasteiger partial charge in [-0.05, 0) is 31.6 Å². The minimum atomic E-state index is -0.210. The molecule has 3 atom stereocenters. The quantitative estimate of drug-likeness (QED) is 0.773. The van der Waals surface area contributed by atoms with Crippen LogP contribution >= 0.6 is 0 Å². The van der Waals surface area contributed by atoms with Crippen molar-refractivity contribution in [2.75, 3.05) is 19.6 Å². The van der Waals surface area contributed by atoms with Gasteiger partial charge >= 0.3 is 0 Å². The Morgan fingerprint density at radius 1 is 1.27 bits per heavy atom. The van der Waals surface area contributed by atoms with Crippen molar-refractivity contribution in [2.24, 2.45) is 17.3 Å². The van der Waals surface area contributed by atoms with Crippen LogP contribution in [-0.4, -0.2) is 35.7 Å². The van der Waals surface area contributed by atoms with Crippen molar-refractivity contribution in [1.82, 2.24) is 4.90 Å². The van der Waals surface area contributed by atoms with Crippen LogP contribution in [0.15, 0.2) is 0 Å². The number of hydrogen-bond donors (Lipinski definition) is 1. The van der Waals surface area contributed by atoms with Gasteiger partial charge in [0.15, 0.2) is 0 Å². The van der Waals surface area contributed by atoms with Crippen molar-refractivity contribution in [2.45, 2.75) is 46.1 Å². The van der Waals surface area contributed by atoms with E-state index in [9.17, 15) is 5.11 Å². The summed E-state index contributed by atoms with van der Waals surface area (Å²) in [6.45, 7) is 9.87. The van der Waals surface area contributed by atoms with Crippen molar-refractivity contribution in [1.29, 1.82) is 0 Å². The molecule has 1 heterocycles. The maximum absolute atomic E-state index is 9.72. The topological polar surface area (TPSA) is 23.5 Å². The second-order valence-corrected chi connectivity index (χ2v) is 6.31. The standard InChI is InChI=1S/C13H25NO/c1-10(15)13(2,3)9-14-7-11-5-4-6-12(11)8-14/h10-12,15H,4-9H2,1-3H3. The van der Waals surface area contributed by atoms with Crippen LogP contribution < -0.4 is 0 Å². The van der Waals surface area contributed by atoms with Gasteiger partial charge in [-0.1, -0.05) is 20.3 Å². The Balaban J connectivity index is 1.87. The summed E-state index contributed by atoms with van der Waals surface area (Å²) in [7, 11) is 0. The van der Waals surface area contributed by atoms with Crippen LogP contribution in [-0.2, 0) is 0 Å². The molecule has 2 heteroatoms. The molecule has 0 spiro atoms. The number of rotatable bonds is 3. The molecule has 1 aliphatic carbocycles. The van der Waals surface area contributed by atoms with E-state index < -0.39 is 0 Å². The zero-order valence-corrected chi connectivity index (χ0v) is 10.4. The molecule has 2 rings (SSSR count). The maximum atomic E-state index is 9.72. The fourth-order valence-corrected chi connectivity index (χ4v) is 3.17. The highest BCUT2D eigenvalue weighted by Gasteiger charge is 2.38. The van der Waals surface area contributed by atoms with Crippen LogP contribution in [0.5, 0.6) is 0 Å². The van der Waals surface area contributed by atoms with Gasteiger partial charge in [0.2, 0.25) is 0 Å². The molecule has 1 N–H and O–H groups in total. The molecule has 0 amide bonds. The van der Waals surface area contributed by atoms with Crippen molar-refractivity contribution < 1.29 is 5.11 Å². The fraction of sp³-hybridized carbons (Fsp3) is 1.00. The lowest BCUT2D eigenvalue weighted by Crippen LogP contribution is -2.39. The number of aliphatic hydroxyl groups is 1. The van der Waals surface area contributed by atoms with Crippen molar-refractivity contribution in [3.63, 3.8) is 0 Å². The average molecular weight is 211 g/mol. The Morgan fingerprint density at radius 3 is 2.27 bits per heavy atom. The third kappa shape index (κ3) is 2.36. The van der Waals surface area contributed by atoms with E-state index in [1.807, 2.05) is 6.92 Å². The molecule has 0 aromatic heterocycles. The second kappa shape index (κ2) is 4.06. The van der Waals surface area contributed by atoms with E-state index in [1.165, 1.54) is 32.4 Å². The summed E-state index contributed by atoms with van der Waals surface area (Å²) in [5, 5.41) is 9.72. The first kappa shape index (κ1) is 11.4. The molecule has 1 saturated heterocycles. The summed E-state index contributed by atoms with van der Waals surface area (Å²) in [4.78, 5) is 2.57. The SMILES string of the molecule is CC(O)C(C)(C)CN1CC2CCCC2C1. The van der Waals surface area contributed by atoms with E-state index in [0.717, 1.165) is 18.4 Å². The lowest BCUT2D eigenvalue weighted by atomic mass is 9.87. The Morgan fingerprint density at radius 2 is 1.80 bits per heavy atom. The first-order valence-electron chi connectivity index (χ1n) is 6.39. The first-order valence-corrected chi connectivity index (χ1v) is 6.39. The molecule has 1 aliphatic heterocycles. The second-order valence-electron chi connectivity index (χ2n) is 6.31. The highest BCUT2D eigenvalue weighted by atomic mass is 16.3. The van der Waals surface area contributed by atoms with Gasteiger partial charge in [0.25, 0.3) is 0 Å². The number of hydrogen-bond acceptors (Lipinski definition) is 2. The Kier molecular flexibility index (Phi) is 3.09. The van der Waals surface area contributed by atoms with Gasteiger partial charge in [-0.3, -0.25) is 0 Å². The molecule has 0 aromatic carbocycles. The minimum absolute atomic E-state index is 0.0403. The molecule has 3 unspecified atom stereocenters. The zero-order chi connectivity index (χ0) is 11.1. The van der Waals surface area contributed by atoms with E-state index >= 15 is 0 Å². The van der Waals surface area contributed by atoms with Gasteiger partial charge in [-0.25, -0.2) is 0 Å². The highest BCUT2D eigenvalue weighted by molar-refractivity contribution is 4.91. The molecule has 15 heavy (non-hydrogen) atoms.